The number of nitrogens with zero attached hydrogens (tertiary/aromatic N) is 5. The molecule has 0 radical (unpaired) electrons. The highest BCUT2D eigenvalue weighted by atomic mass is 32.1. The van der Waals surface area contributed by atoms with Crippen LogP contribution in [0.2, 0.25) is 0 Å². The molecule has 1 saturated carbocycles. The fraction of sp³-hybridized carbons (Fsp3) is 0.842. The molecular formula is C19H31N5OS. The van der Waals surface area contributed by atoms with Crippen molar-refractivity contribution in [2.24, 2.45) is 5.92 Å². The lowest BCUT2D eigenvalue weighted by Gasteiger charge is -2.32. The second-order valence-electron chi connectivity index (χ2n) is 8.15. The van der Waals surface area contributed by atoms with Crippen LogP contribution in [-0.4, -0.2) is 56.2 Å². The smallest absolute Gasteiger partial charge is 0.222 e. The average Bonchev–Trinajstić information content (AvgIpc) is 3.24. The first-order valence-electron chi connectivity index (χ1n) is 10.3. The summed E-state index contributed by atoms with van der Waals surface area (Å²) in [5, 5.41) is 4.83. The topological polar surface area (TPSA) is 46.3 Å². The quantitative estimate of drug-likeness (QED) is 0.715. The molecule has 6 nitrogen and oxygen atoms in total. The summed E-state index contributed by atoms with van der Waals surface area (Å²) in [7, 11) is 0. The van der Waals surface area contributed by atoms with Gasteiger partial charge in [0.1, 0.15) is 5.82 Å². The Morgan fingerprint density at radius 3 is 2.42 bits per heavy atom. The molecule has 3 aliphatic rings. The Kier molecular flexibility index (Phi) is 5.45. The van der Waals surface area contributed by atoms with E-state index in [2.05, 4.69) is 21.3 Å². The number of hydrogen-bond acceptors (Lipinski definition) is 4. The van der Waals surface area contributed by atoms with E-state index >= 15 is 0 Å². The minimum atomic E-state index is 0.374. The van der Waals surface area contributed by atoms with Gasteiger partial charge in [-0.1, -0.05) is 0 Å². The lowest BCUT2D eigenvalue weighted by molar-refractivity contribution is -0.131. The van der Waals surface area contributed by atoms with Crippen molar-refractivity contribution in [3.05, 3.63) is 10.6 Å². The molecule has 3 heterocycles. The third-order valence-electron chi connectivity index (χ3n) is 6.17. The fourth-order valence-electron chi connectivity index (χ4n) is 4.35. The number of piperidine rings is 1. The van der Waals surface area contributed by atoms with Crippen LogP contribution in [0.4, 0.5) is 0 Å². The van der Waals surface area contributed by atoms with Gasteiger partial charge < -0.3 is 9.47 Å². The van der Waals surface area contributed by atoms with Gasteiger partial charge >= 0.3 is 0 Å². The molecule has 1 amide bonds. The molecule has 2 saturated heterocycles. The van der Waals surface area contributed by atoms with E-state index in [9.17, 15) is 4.79 Å². The number of amides is 1. The molecule has 0 bridgehead atoms. The number of hydrogen-bond donors (Lipinski definition) is 0. The molecule has 26 heavy (non-hydrogen) atoms. The largest absolute Gasteiger partial charge is 0.343 e. The molecule has 1 aromatic heterocycles. The SMILES string of the molecule is CCn1c(C2CC2)nn(CN2CCC(CC(=O)N3CCCC3)CC2)c1=S. The Hall–Kier alpha value is -1.21. The summed E-state index contributed by atoms with van der Waals surface area (Å²) in [6, 6.07) is 0. The summed E-state index contributed by atoms with van der Waals surface area (Å²) in [6.45, 7) is 7.87. The molecule has 3 fully saturated rings. The van der Waals surface area contributed by atoms with Crippen LogP contribution >= 0.6 is 12.2 Å². The molecule has 0 aromatic carbocycles. The molecule has 1 aromatic rings. The van der Waals surface area contributed by atoms with Gasteiger partial charge in [0.15, 0.2) is 4.77 Å². The highest BCUT2D eigenvalue weighted by Gasteiger charge is 2.30. The number of carbonyl (C=O) groups is 1. The van der Waals surface area contributed by atoms with Gasteiger partial charge in [-0.3, -0.25) is 9.69 Å². The van der Waals surface area contributed by atoms with E-state index in [4.69, 9.17) is 17.3 Å². The Morgan fingerprint density at radius 1 is 1.12 bits per heavy atom. The maximum absolute atomic E-state index is 12.4. The molecule has 7 heteroatoms. The Bertz CT molecular complexity index is 693. The highest BCUT2D eigenvalue weighted by molar-refractivity contribution is 7.71. The van der Waals surface area contributed by atoms with E-state index in [0.717, 1.165) is 63.4 Å². The predicted molar refractivity (Wildman–Crippen MR) is 103 cm³/mol. The van der Waals surface area contributed by atoms with Crippen molar-refractivity contribution in [1.29, 1.82) is 0 Å². The summed E-state index contributed by atoms with van der Waals surface area (Å²) in [4.78, 5) is 16.9. The summed E-state index contributed by atoms with van der Waals surface area (Å²) >= 11 is 5.66. The summed E-state index contributed by atoms with van der Waals surface area (Å²) in [5.41, 5.74) is 0. The summed E-state index contributed by atoms with van der Waals surface area (Å²) in [6.07, 6.45) is 7.82. The number of rotatable bonds is 6. The Balaban J connectivity index is 1.30. The summed E-state index contributed by atoms with van der Waals surface area (Å²) < 4.78 is 5.08. The van der Waals surface area contributed by atoms with E-state index in [1.807, 2.05) is 4.68 Å². The monoisotopic (exact) mass is 377 g/mol. The van der Waals surface area contributed by atoms with Crippen molar-refractivity contribution < 1.29 is 4.79 Å². The zero-order valence-electron chi connectivity index (χ0n) is 15.9. The van der Waals surface area contributed by atoms with E-state index in [-0.39, 0.29) is 0 Å². The zero-order valence-corrected chi connectivity index (χ0v) is 16.7. The molecular weight excluding hydrogens is 346 g/mol. The molecule has 0 unspecified atom stereocenters. The van der Waals surface area contributed by atoms with Crippen LogP contribution in [0.5, 0.6) is 0 Å². The number of likely N-dealkylation sites (tertiary alicyclic amines) is 2. The van der Waals surface area contributed by atoms with Crippen LogP contribution in [0.25, 0.3) is 0 Å². The van der Waals surface area contributed by atoms with Gasteiger partial charge in [-0.15, -0.1) is 0 Å². The number of aromatic nitrogens is 3. The third-order valence-corrected chi connectivity index (χ3v) is 6.60. The standard InChI is InChI=1S/C19H31N5OS/c1-2-23-18(16-5-6-16)20-24(19(23)26)14-21-11-7-15(8-12-21)13-17(25)22-9-3-4-10-22/h15-16H,2-14H2,1H3. The van der Waals surface area contributed by atoms with Crippen LogP contribution in [0.15, 0.2) is 0 Å². The molecule has 0 atom stereocenters. The van der Waals surface area contributed by atoms with Gasteiger partial charge in [0, 0.05) is 45.1 Å². The normalized spacial score (nSPS) is 22.3. The van der Waals surface area contributed by atoms with Crippen molar-refractivity contribution in [2.45, 2.75) is 71.0 Å². The Morgan fingerprint density at radius 2 is 1.81 bits per heavy atom. The Labute approximate surface area is 161 Å². The van der Waals surface area contributed by atoms with E-state index < -0.39 is 0 Å². The minimum Gasteiger partial charge on any atom is -0.343 e. The molecule has 2 aliphatic heterocycles. The zero-order chi connectivity index (χ0) is 18.1. The first-order valence-corrected chi connectivity index (χ1v) is 10.7. The van der Waals surface area contributed by atoms with Crippen LogP contribution < -0.4 is 0 Å². The minimum absolute atomic E-state index is 0.374. The third kappa shape index (κ3) is 3.88. The highest BCUT2D eigenvalue weighted by Crippen LogP contribution is 2.39. The molecule has 0 N–H and O–H groups in total. The van der Waals surface area contributed by atoms with Crippen molar-refractivity contribution in [3.63, 3.8) is 0 Å². The maximum atomic E-state index is 12.4. The second kappa shape index (κ2) is 7.80. The van der Waals surface area contributed by atoms with Crippen molar-refractivity contribution >= 4 is 18.1 Å². The van der Waals surface area contributed by atoms with Crippen molar-refractivity contribution in [3.8, 4) is 0 Å². The maximum Gasteiger partial charge on any atom is 0.222 e. The van der Waals surface area contributed by atoms with Crippen LogP contribution in [0.1, 0.15) is 63.6 Å². The van der Waals surface area contributed by atoms with Crippen molar-refractivity contribution in [1.82, 2.24) is 24.1 Å². The van der Waals surface area contributed by atoms with Crippen LogP contribution in [-0.2, 0) is 18.0 Å². The lowest BCUT2D eigenvalue weighted by atomic mass is 9.93. The van der Waals surface area contributed by atoms with Gasteiger partial charge in [-0.25, -0.2) is 4.68 Å². The van der Waals surface area contributed by atoms with Gasteiger partial charge in [-0.2, -0.15) is 5.10 Å². The van der Waals surface area contributed by atoms with Gasteiger partial charge in [0.05, 0.1) is 6.67 Å². The van der Waals surface area contributed by atoms with E-state index in [0.29, 0.717) is 17.7 Å². The predicted octanol–water partition coefficient (Wildman–Crippen LogP) is 2.99. The van der Waals surface area contributed by atoms with Gasteiger partial charge in [0.25, 0.3) is 0 Å². The van der Waals surface area contributed by atoms with Crippen LogP contribution in [0.3, 0.4) is 0 Å². The molecule has 0 spiro atoms. The molecule has 4 rings (SSSR count). The second-order valence-corrected chi connectivity index (χ2v) is 8.52. The molecule has 1 aliphatic carbocycles. The fourth-order valence-corrected chi connectivity index (χ4v) is 4.68. The average molecular weight is 378 g/mol. The first-order chi connectivity index (χ1) is 12.7. The van der Waals surface area contributed by atoms with Gasteiger partial charge in [0.2, 0.25) is 5.91 Å². The van der Waals surface area contributed by atoms with Gasteiger partial charge in [-0.05, 0) is 63.6 Å². The van der Waals surface area contributed by atoms with Crippen LogP contribution in [0, 0.1) is 10.7 Å². The van der Waals surface area contributed by atoms with E-state index in [1.54, 1.807) is 0 Å². The lowest BCUT2D eigenvalue weighted by Crippen LogP contribution is -2.37. The molecule has 144 valence electrons. The summed E-state index contributed by atoms with van der Waals surface area (Å²) in [5.74, 6) is 2.73. The van der Waals surface area contributed by atoms with E-state index in [1.165, 1.54) is 31.5 Å². The first kappa shape index (κ1) is 18.2. The number of carbonyl (C=O) groups excluding carboxylic acids is 1. The van der Waals surface area contributed by atoms with Crippen molar-refractivity contribution in [2.75, 3.05) is 26.2 Å².